The number of hydrogen-bond acceptors (Lipinski definition) is 2. The van der Waals surface area contributed by atoms with Gasteiger partial charge in [0.25, 0.3) is 0 Å². The standard InChI is InChI=1S/C15H31NO.C2H6/c1-8-15(7,9-2)12-10-13(3,4)16(17)14(5,6)11-12;1-2/h12,17H,8-11H2,1-7H3;1-2H3. The van der Waals surface area contributed by atoms with E-state index in [0.717, 1.165) is 12.8 Å². The predicted molar refractivity (Wildman–Crippen MR) is 84.5 cm³/mol. The van der Waals surface area contributed by atoms with Crippen LogP contribution in [0.15, 0.2) is 0 Å². The Morgan fingerprint density at radius 3 is 1.58 bits per heavy atom. The first-order chi connectivity index (χ1) is 8.59. The van der Waals surface area contributed by atoms with Crippen molar-refractivity contribution in [1.82, 2.24) is 5.06 Å². The minimum Gasteiger partial charge on any atom is -0.313 e. The van der Waals surface area contributed by atoms with Gasteiger partial charge in [-0.3, -0.25) is 0 Å². The van der Waals surface area contributed by atoms with Crippen LogP contribution in [0.4, 0.5) is 0 Å². The zero-order chi connectivity index (χ0) is 15.5. The average Bonchev–Trinajstić information content (AvgIpc) is 2.36. The van der Waals surface area contributed by atoms with Crippen molar-refractivity contribution in [2.75, 3.05) is 0 Å². The van der Waals surface area contributed by atoms with Gasteiger partial charge in [0.1, 0.15) is 0 Å². The maximum atomic E-state index is 10.3. The first-order valence-corrected chi connectivity index (χ1v) is 8.08. The van der Waals surface area contributed by atoms with E-state index in [4.69, 9.17) is 0 Å². The minimum absolute atomic E-state index is 0.113. The van der Waals surface area contributed by atoms with Crippen LogP contribution in [0, 0.1) is 11.3 Å². The summed E-state index contributed by atoms with van der Waals surface area (Å²) < 4.78 is 0. The van der Waals surface area contributed by atoms with Gasteiger partial charge in [-0.05, 0) is 51.9 Å². The molecule has 1 N–H and O–H groups in total. The summed E-state index contributed by atoms with van der Waals surface area (Å²) >= 11 is 0. The summed E-state index contributed by atoms with van der Waals surface area (Å²) in [6.45, 7) is 19.7. The molecule has 1 fully saturated rings. The molecule has 0 aromatic heterocycles. The molecular weight excluding hydrogens is 234 g/mol. The van der Waals surface area contributed by atoms with Crippen molar-refractivity contribution in [3.8, 4) is 0 Å². The Balaban J connectivity index is 0.00000154. The van der Waals surface area contributed by atoms with Crippen LogP contribution < -0.4 is 0 Å². The predicted octanol–water partition coefficient (Wildman–Crippen LogP) is 5.50. The van der Waals surface area contributed by atoms with E-state index in [1.54, 1.807) is 5.06 Å². The summed E-state index contributed by atoms with van der Waals surface area (Å²) in [6, 6.07) is 0. The molecule has 116 valence electrons. The van der Waals surface area contributed by atoms with Crippen LogP contribution in [0.1, 0.15) is 88.0 Å². The molecule has 1 heterocycles. The topological polar surface area (TPSA) is 23.5 Å². The van der Waals surface area contributed by atoms with Crippen molar-refractivity contribution in [3.63, 3.8) is 0 Å². The van der Waals surface area contributed by atoms with Gasteiger partial charge >= 0.3 is 0 Å². The number of piperidine rings is 1. The molecule has 2 heteroatoms. The van der Waals surface area contributed by atoms with Crippen molar-refractivity contribution < 1.29 is 5.21 Å². The Labute approximate surface area is 121 Å². The van der Waals surface area contributed by atoms with Gasteiger partial charge in [0.05, 0.1) is 0 Å². The fourth-order valence-electron chi connectivity index (χ4n) is 3.59. The monoisotopic (exact) mass is 271 g/mol. The summed E-state index contributed by atoms with van der Waals surface area (Å²) in [5, 5.41) is 11.9. The van der Waals surface area contributed by atoms with Crippen LogP contribution in [-0.4, -0.2) is 21.3 Å². The van der Waals surface area contributed by atoms with E-state index in [0.29, 0.717) is 11.3 Å². The Hall–Kier alpha value is -0.0800. The average molecular weight is 271 g/mol. The molecule has 0 radical (unpaired) electrons. The number of rotatable bonds is 3. The molecule has 0 aromatic rings. The molecule has 1 aliphatic rings. The van der Waals surface area contributed by atoms with Crippen LogP contribution in [0.2, 0.25) is 0 Å². The Bertz CT molecular complexity index is 248. The second-order valence-electron chi connectivity index (χ2n) is 7.40. The number of hydroxylamine groups is 2. The van der Waals surface area contributed by atoms with Gasteiger partial charge in [0, 0.05) is 11.1 Å². The Morgan fingerprint density at radius 1 is 1.00 bits per heavy atom. The first kappa shape index (κ1) is 18.9. The van der Waals surface area contributed by atoms with Crippen molar-refractivity contribution in [2.45, 2.75) is 99.1 Å². The van der Waals surface area contributed by atoms with Gasteiger partial charge in [-0.25, -0.2) is 0 Å². The van der Waals surface area contributed by atoms with E-state index >= 15 is 0 Å². The van der Waals surface area contributed by atoms with Crippen LogP contribution >= 0.6 is 0 Å². The Morgan fingerprint density at radius 2 is 1.32 bits per heavy atom. The zero-order valence-electron chi connectivity index (χ0n) is 14.8. The fraction of sp³-hybridized carbons (Fsp3) is 1.00. The Kier molecular flexibility index (Phi) is 6.55. The molecule has 0 amide bonds. The van der Waals surface area contributed by atoms with Crippen LogP contribution in [0.3, 0.4) is 0 Å². The molecule has 0 aromatic carbocycles. The summed E-state index contributed by atoms with van der Waals surface area (Å²) in [4.78, 5) is 0. The minimum atomic E-state index is -0.113. The molecule has 0 spiro atoms. The van der Waals surface area contributed by atoms with Gasteiger partial charge in [-0.15, -0.1) is 0 Å². The lowest BCUT2D eigenvalue weighted by molar-refractivity contribution is -0.258. The highest BCUT2D eigenvalue weighted by Gasteiger charge is 2.49. The molecule has 19 heavy (non-hydrogen) atoms. The number of hydrogen-bond donors (Lipinski definition) is 1. The lowest BCUT2D eigenvalue weighted by Crippen LogP contribution is -2.60. The second kappa shape index (κ2) is 6.58. The molecule has 1 aliphatic heterocycles. The van der Waals surface area contributed by atoms with Gasteiger partial charge in [0.15, 0.2) is 0 Å². The third-order valence-electron chi connectivity index (χ3n) is 5.24. The van der Waals surface area contributed by atoms with E-state index in [9.17, 15) is 5.21 Å². The zero-order valence-corrected chi connectivity index (χ0v) is 14.8. The van der Waals surface area contributed by atoms with E-state index in [-0.39, 0.29) is 11.1 Å². The molecule has 0 saturated carbocycles. The van der Waals surface area contributed by atoms with Gasteiger partial charge in [-0.2, -0.15) is 5.06 Å². The lowest BCUT2D eigenvalue weighted by atomic mass is 9.62. The normalized spacial score (nSPS) is 23.7. The van der Waals surface area contributed by atoms with E-state index in [2.05, 4.69) is 48.5 Å². The van der Waals surface area contributed by atoms with Crippen molar-refractivity contribution in [2.24, 2.45) is 11.3 Å². The molecule has 1 saturated heterocycles. The summed E-state index contributed by atoms with van der Waals surface area (Å²) in [7, 11) is 0. The molecular formula is C17H37NO. The van der Waals surface area contributed by atoms with Crippen molar-refractivity contribution in [3.05, 3.63) is 0 Å². The second-order valence-corrected chi connectivity index (χ2v) is 7.40. The maximum Gasteiger partial charge on any atom is 0.0413 e. The maximum absolute atomic E-state index is 10.3. The third kappa shape index (κ3) is 3.95. The highest BCUT2D eigenvalue weighted by Crippen LogP contribution is 2.49. The quantitative estimate of drug-likeness (QED) is 0.733. The first-order valence-electron chi connectivity index (χ1n) is 8.08. The fourth-order valence-corrected chi connectivity index (χ4v) is 3.59. The summed E-state index contributed by atoms with van der Waals surface area (Å²) in [5.41, 5.74) is 0.186. The van der Waals surface area contributed by atoms with Crippen LogP contribution in [-0.2, 0) is 0 Å². The van der Waals surface area contributed by atoms with Crippen molar-refractivity contribution >= 4 is 0 Å². The number of nitrogens with zero attached hydrogens (tertiary/aromatic N) is 1. The summed E-state index contributed by atoms with van der Waals surface area (Å²) in [6.07, 6.45) is 4.63. The van der Waals surface area contributed by atoms with Crippen molar-refractivity contribution in [1.29, 1.82) is 0 Å². The van der Waals surface area contributed by atoms with E-state index in [1.807, 2.05) is 13.8 Å². The highest BCUT2D eigenvalue weighted by atomic mass is 16.5. The lowest BCUT2D eigenvalue weighted by Gasteiger charge is -2.55. The molecule has 0 atom stereocenters. The van der Waals surface area contributed by atoms with E-state index < -0.39 is 0 Å². The smallest absolute Gasteiger partial charge is 0.0413 e. The molecule has 2 nitrogen and oxygen atoms in total. The highest BCUT2D eigenvalue weighted by molar-refractivity contribution is 5.00. The molecule has 0 aliphatic carbocycles. The summed E-state index contributed by atoms with van der Waals surface area (Å²) in [5.74, 6) is 0.700. The molecule has 0 unspecified atom stereocenters. The van der Waals surface area contributed by atoms with Gasteiger partial charge in [0.2, 0.25) is 0 Å². The molecule has 0 bridgehead atoms. The van der Waals surface area contributed by atoms with Gasteiger partial charge < -0.3 is 5.21 Å². The SMILES string of the molecule is CC.CCC(C)(CC)C1CC(C)(C)N(O)C(C)(C)C1. The van der Waals surface area contributed by atoms with Crippen LogP contribution in [0.25, 0.3) is 0 Å². The van der Waals surface area contributed by atoms with E-state index in [1.165, 1.54) is 12.8 Å². The largest absolute Gasteiger partial charge is 0.313 e. The van der Waals surface area contributed by atoms with Gasteiger partial charge in [-0.1, -0.05) is 47.5 Å². The third-order valence-corrected chi connectivity index (χ3v) is 5.24. The molecule has 1 rings (SSSR count). The van der Waals surface area contributed by atoms with Crippen LogP contribution in [0.5, 0.6) is 0 Å².